The second-order valence-corrected chi connectivity index (χ2v) is 4.52. The fourth-order valence-corrected chi connectivity index (χ4v) is 1.98. The van der Waals surface area contributed by atoms with Crippen molar-refractivity contribution in [3.8, 4) is 0 Å². The van der Waals surface area contributed by atoms with Gasteiger partial charge >= 0.3 is 0 Å². The zero-order valence-corrected chi connectivity index (χ0v) is 8.52. The largest absolute Gasteiger partial charge is 0.330 e. The van der Waals surface area contributed by atoms with Gasteiger partial charge in [-0.05, 0) is 61.4 Å². The molecule has 0 amide bonds. The van der Waals surface area contributed by atoms with Gasteiger partial charge in [-0.2, -0.15) is 0 Å². The monoisotopic (exact) mass is 193 g/mol. The molecule has 0 atom stereocenters. The molecule has 1 aliphatic carbocycles. The molecule has 1 aliphatic rings. The summed E-state index contributed by atoms with van der Waals surface area (Å²) in [7, 11) is 0. The minimum atomic E-state index is -0.132. The molecule has 0 heterocycles. The SMILES string of the molecule is Cc1cc(F)cc(CC2(CN)CC2)c1. The predicted molar refractivity (Wildman–Crippen MR) is 55.6 cm³/mol. The van der Waals surface area contributed by atoms with Crippen LogP contribution in [-0.4, -0.2) is 6.54 Å². The molecule has 0 aliphatic heterocycles. The van der Waals surface area contributed by atoms with Gasteiger partial charge in [-0.15, -0.1) is 0 Å². The Morgan fingerprint density at radius 1 is 1.36 bits per heavy atom. The number of hydrogen-bond donors (Lipinski definition) is 1. The predicted octanol–water partition coefficient (Wildman–Crippen LogP) is 2.42. The number of aryl methyl sites for hydroxylation is 1. The molecule has 76 valence electrons. The number of halogens is 1. The normalized spacial score (nSPS) is 18.2. The Balaban J connectivity index is 2.16. The van der Waals surface area contributed by atoms with Crippen LogP contribution in [-0.2, 0) is 6.42 Å². The highest BCUT2D eigenvalue weighted by Gasteiger charge is 2.40. The lowest BCUT2D eigenvalue weighted by Crippen LogP contribution is -2.18. The van der Waals surface area contributed by atoms with E-state index in [1.165, 1.54) is 12.8 Å². The maximum atomic E-state index is 13.1. The van der Waals surface area contributed by atoms with Gasteiger partial charge in [0.2, 0.25) is 0 Å². The van der Waals surface area contributed by atoms with Crippen molar-refractivity contribution in [1.29, 1.82) is 0 Å². The summed E-state index contributed by atoms with van der Waals surface area (Å²) in [4.78, 5) is 0. The van der Waals surface area contributed by atoms with E-state index in [4.69, 9.17) is 5.73 Å². The molecule has 2 rings (SSSR count). The molecule has 2 N–H and O–H groups in total. The van der Waals surface area contributed by atoms with E-state index in [0.717, 1.165) is 24.1 Å². The van der Waals surface area contributed by atoms with Crippen LogP contribution in [0.3, 0.4) is 0 Å². The van der Waals surface area contributed by atoms with Crippen molar-refractivity contribution in [2.75, 3.05) is 6.54 Å². The third-order valence-electron chi connectivity index (χ3n) is 3.07. The lowest BCUT2D eigenvalue weighted by molar-refractivity contribution is 0.518. The number of rotatable bonds is 3. The van der Waals surface area contributed by atoms with Crippen LogP contribution in [0, 0.1) is 18.2 Å². The smallest absolute Gasteiger partial charge is 0.123 e. The molecule has 0 bridgehead atoms. The van der Waals surface area contributed by atoms with Gasteiger partial charge in [-0.25, -0.2) is 4.39 Å². The van der Waals surface area contributed by atoms with E-state index >= 15 is 0 Å². The van der Waals surface area contributed by atoms with Crippen LogP contribution in [0.2, 0.25) is 0 Å². The summed E-state index contributed by atoms with van der Waals surface area (Å²) in [6.07, 6.45) is 3.32. The van der Waals surface area contributed by atoms with E-state index in [9.17, 15) is 4.39 Å². The first-order chi connectivity index (χ1) is 6.63. The third-order valence-corrected chi connectivity index (χ3v) is 3.07. The highest BCUT2D eigenvalue weighted by atomic mass is 19.1. The lowest BCUT2D eigenvalue weighted by Gasteiger charge is -2.12. The van der Waals surface area contributed by atoms with E-state index in [1.807, 2.05) is 6.92 Å². The molecule has 1 fully saturated rings. The summed E-state index contributed by atoms with van der Waals surface area (Å²) in [6.45, 7) is 2.65. The maximum Gasteiger partial charge on any atom is 0.123 e. The molecule has 0 spiro atoms. The van der Waals surface area contributed by atoms with Crippen LogP contribution >= 0.6 is 0 Å². The Kier molecular flexibility index (Phi) is 2.31. The molecular formula is C12H16FN. The first-order valence-corrected chi connectivity index (χ1v) is 5.10. The third kappa shape index (κ3) is 1.95. The Morgan fingerprint density at radius 3 is 2.57 bits per heavy atom. The van der Waals surface area contributed by atoms with Gasteiger partial charge in [0.15, 0.2) is 0 Å². The van der Waals surface area contributed by atoms with Crippen molar-refractivity contribution in [2.45, 2.75) is 26.2 Å². The second kappa shape index (κ2) is 3.35. The van der Waals surface area contributed by atoms with Gasteiger partial charge < -0.3 is 5.73 Å². The Hall–Kier alpha value is -0.890. The summed E-state index contributed by atoms with van der Waals surface area (Å²) < 4.78 is 13.1. The van der Waals surface area contributed by atoms with E-state index < -0.39 is 0 Å². The summed E-state index contributed by atoms with van der Waals surface area (Å²) >= 11 is 0. The van der Waals surface area contributed by atoms with Gasteiger partial charge in [-0.1, -0.05) is 6.07 Å². The highest BCUT2D eigenvalue weighted by Crippen LogP contribution is 2.47. The molecule has 0 aromatic heterocycles. The molecule has 0 unspecified atom stereocenters. The van der Waals surface area contributed by atoms with E-state index in [-0.39, 0.29) is 5.82 Å². The van der Waals surface area contributed by atoms with Crippen molar-refractivity contribution in [2.24, 2.45) is 11.1 Å². The maximum absolute atomic E-state index is 13.1. The van der Waals surface area contributed by atoms with Gasteiger partial charge in [0, 0.05) is 0 Å². The van der Waals surface area contributed by atoms with Crippen molar-refractivity contribution >= 4 is 0 Å². The average Bonchev–Trinajstić information content (AvgIpc) is 2.83. The molecule has 14 heavy (non-hydrogen) atoms. The summed E-state index contributed by atoms with van der Waals surface area (Å²) in [5.41, 5.74) is 8.07. The quantitative estimate of drug-likeness (QED) is 0.783. The lowest BCUT2D eigenvalue weighted by atomic mass is 9.96. The Morgan fingerprint density at radius 2 is 2.07 bits per heavy atom. The number of nitrogens with two attached hydrogens (primary N) is 1. The molecule has 0 radical (unpaired) electrons. The van der Waals surface area contributed by atoms with Crippen LogP contribution in [0.5, 0.6) is 0 Å². The van der Waals surface area contributed by atoms with Gasteiger partial charge in [0.25, 0.3) is 0 Å². The summed E-state index contributed by atoms with van der Waals surface area (Å²) in [6, 6.07) is 5.24. The van der Waals surface area contributed by atoms with Crippen molar-refractivity contribution in [1.82, 2.24) is 0 Å². The zero-order chi connectivity index (χ0) is 10.2. The zero-order valence-electron chi connectivity index (χ0n) is 8.52. The van der Waals surface area contributed by atoms with E-state index in [2.05, 4.69) is 6.07 Å². The molecule has 1 nitrogen and oxygen atoms in total. The topological polar surface area (TPSA) is 26.0 Å². The summed E-state index contributed by atoms with van der Waals surface area (Å²) in [5.74, 6) is -0.132. The molecule has 0 saturated heterocycles. The molecule has 2 heteroatoms. The van der Waals surface area contributed by atoms with Gasteiger partial charge in [-0.3, -0.25) is 0 Å². The van der Waals surface area contributed by atoms with Crippen molar-refractivity contribution in [3.05, 3.63) is 35.1 Å². The van der Waals surface area contributed by atoms with Crippen LogP contribution in [0.4, 0.5) is 4.39 Å². The van der Waals surface area contributed by atoms with Gasteiger partial charge in [0.05, 0.1) is 0 Å². The summed E-state index contributed by atoms with van der Waals surface area (Å²) in [5, 5.41) is 0. The van der Waals surface area contributed by atoms with E-state index in [0.29, 0.717) is 5.41 Å². The minimum absolute atomic E-state index is 0.132. The second-order valence-electron chi connectivity index (χ2n) is 4.52. The first-order valence-electron chi connectivity index (χ1n) is 5.10. The molecule has 1 aromatic carbocycles. The van der Waals surface area contributed by atoms with E-state index in [1.54, 1.807) is 12.1 Å². The molecular weight excluding hydrogens is 177 g/mol. The van der Waals surface area contributed by atoms with Crippen LogP contribution < -0.4 is 5.73 Å². The molecule has 1 aromatic rings. The van der Waals surface area contributed by atoms with Crippen LogP contribution in [0.15, 0.2) is 18.2 Å². The fraction of sp³-hybridized carbons (Fsp3) is 0.500. The molecule has 1 saturated carbocycles. The highest BCUT2D eigenvalue weighted by molar-refractivity contribution is 5.25. The standard InChI is InChI=1S/C12H16FN/c1-9-4-10(6-11(13)5-9)7-12(8-14)2-3-12/h4-6H,2-3,7-8,14H2,1H3. The number of benzene rings is 1. The van der Waals surface area contributed by atoms with Crippen LogP contribution in [0.25, 0.3) is 0 Å². The fourth-order valence-electron chi connectivity index (χ4n) is 1.98. The first kappa shape index (κ1) is 9.66. The van der Waals surface area contributed by atoms with Gasteiger partial charge in [0.1, 0.15) is 5.82 Å². The van der Waals surface area contributed by atoms with Crippen LogP contribution in [0.1, 0.15) is 24.0 Å². The van der Waals surface area contributed by atoms with Crippen molar-refractivity contribution < 1.29 is 4.39 Å². The average molecular weight is 193 g/mol. The minimum Gasteiger partial charge on any atom is -0.330 e. The Bertz CT molecular complexity index is 322. The van der Waals surface area contributed by atoms with Crippen molar-refractivity contribution in [3.63, 3.8) is 0 Å². The number of hydrogen-bond acceptors (Lipinski definition) is 1. The Labute approximate surface area is 84.1 Å².